The fraction of sp³-hybridized carbons (Fsp3) is 0.222. The zero-order valence-electron chi connectivity index (χ0n) is 15.3. The Labute approximate surface area is 169 Å². The van der Waals surface area contributed by atoms with Gasteiger partial charge in [-0.3, -0.25) is 4.68 Å². The highest BCUT2D eigenvalue weighted by Crippen LogP contribution is 2.30. The van der Waals surface area contributed by atoms with Gasteiger partial charge in [-0.25, -0.2) is 14.8 Å². The van der Waals surface area contributed by atoms with Gasteiger partial charge in [0.2, 0.25) is 0 Å². The van der Waals surface area contributed by atoms with Gasteiger partial charge in [0, 0.05) is 23.7 Å². The van der Waals surface area contributed by atoms with E-state index in [4.69, 9.17) is 26.6 Å². The van der Waals surface area contributed by atoms with E-state index in [0.717, 1.165) is 10.9 Å². The number of nitrogens with zero attached hydrogens (tertiary/aromatic N) is 4. The summed E-state index contributed by atoms with van der Waals surface area (Å²) in [4.78, 5) is 23.8. The molecule has 3 heterocycles. The molecule has 1 aromatic carbocycles. The van der Waals surface area contributed by atoms with Crippen LogP contribution in [0.2, 0.25) is 5.02 Å². The molecule has 4 rings (SSSR count). The van der Waals surface area contributed by atoms with Gasteiger partial charge >= 0.3 is 6.09 Å². The SMILES string of the molecule is Cn1nc(-c2cnc3[nH]cc(OC(=O)NC(CO)CO)c3n2)c2ccc(Cl)cc21. The van der Waals surface area contributed by atoms with Crippen molar-refractivity contribution in [3.05, 3.63) is 35.6 Å². The number of hydrogen-bond donors (Lipinski definition) is 4. The monoisotopic (exact) mass is 416 g/mol. The Kier molecular flexibility index (Phi) is 5.05. The largest absolute Gasteiger partial charge is 0.413 e. The maximum atomic E-state index is 12.0. The molecule has 0 atom stereocenters. The third kappa shape index (κ3) is 3.60. The van der Waals surface area contributed by atoms with E-state index in [2.05, 4.69) is 25.4 Å². The highest BCUT2D eigenvalue weighted by molar-refractivity contribution is 6.31. The summed E-state index contributed by atoms with van der Waals surface area (Å²) in [5, 5.41) is 26.4. The first kappa shape index (κ1) is 19.1. The molecule has 0 spiro atoms. The lowest BCUT2D eigenvalue weighted by Gasteiger charge is -2.12. The Balaban J connectivity index is 1.70. The second-order valence-electron chi connectivity index (χ2n) is 6.33. The van der Waals surface area contributed by atoms with Gasteiger partial charge in [-0.1, -0.05) is 11.6 Å². The molecule has 0 saturated heterocycles. The minimum absolute atomic E-state index is 0.157. The van der Waals surface area contributed by atoms with Crippen molar-refractivity contribution < 1.29 is 19.7 Å². The molecular formula is C18H17ClN6O4. The van der Waals surface area contributed by atoms with Crippen molar-refractivity contribution in [3.63, 3.8) is 0 Å². The number of amides is 1. The number of carbonyl (C=O) groups excluding carboxylic acids is 1. The molecule has 3 aromatic heterocycles. The minimum Gasteiger partial charge on any atom is -0.406 e. The number of aryl methyl sites for hydroxylation is 1. The molecular weight excluding hydrogens is 400 g/mol. The molecule has 0 aliphatic rings. The zero-order valence-corrected chi connectivity index (χ0v) is 16.0. The highest BCUT2D eigenvalue weighted by Gasteiger charge is 2.18. The van der Waals surface area contributed by atoms with E-state index < -0.39 is 25.3 Å². The summed E-state index contributed by atoms with van der Waals surface area (Å²) in [6.45, 7) is -0.833. The molecule has 0 saturated carbocycles. The second-order valence-corrected chi connectivity index (χ2v) is 6.77. The lowest BCUT2D eigenvalue weighted by atomic mass is 10.2. The number of hydrogen-bond acceptors (Lipinski definition) is 7. The molecule has 10 nitrogen and oxygen atoms in total. The maximum absolute atomic E-state index is 12.0. The van der Waals surface area contributed by atoms with Crippen molar-refractivity contribution >= 4 is 39.8 Å². The summed E-state index contributed by atoms with van der Waals surface area (Å²) in [6.07, 6.45) is 2.20. The standard InChI is InChI=1S/C18H17ClN6O4/c1-25-13-4-9(19)2-3-11(13)15(24-25)12-5-20-17-16(23-12)14(6-21-17)29-18(28)22-10(7-26)8-27/h2-6,10,26-27H,7-8H2,1H3,(H,20,21)(H,22,28). The van der Waals surface area contributed by atoms with E-state index in [9.17, 15) is 4.79 Å². The number of carbonyl (C=O) groups is 1. The van der Waals surface area contributed by atoms with Crippen molar-refractivity contribution in [2.75, 3.05) is 13.2 Å². The summed E-state index contributed by atoms with van der Waals surface area (Å²) in [5.74, 6) is 0.157. The number of rotatable bonds is 5. The first-order chi connectivity index (χ1) is 14.0. The Morgan fingerprint density at radius 2 is 2.17 bits per heavy atom. The van der Waals surface area contributed by atoms with Crippen LogP contribution in [-0.4, -0.2) is 60.3 Å². The number of halogens is 1. The van der Waals surface area contributed by atoms with Gasteiger partial charge in [-0.15, -0.1) is 0 Å². The molecule has 1 amide bonds. The minimum atomic E-state index is -0.830. The molecule has 4 aromatic rings. The Hall–Kier alpha value is -3.21. The van der Waals surface area contributed by atoms with Crippen LogP contribution < -0.4 is 10.1 Å². The summed E-state index contributed by atoms with van der Waals surface area (Å²) in [7, 11) is 1.81. The maximum Gasteiger partial charge on any atom is 0.413 e. The molecule has 0 fully saturated rings. The number of ether oxygens (including phenoxy) is 1. The van der Waals surface area contributed by atoms with E-state index in [1.54, 1.807) is 16.9 Å². The van der Waals surface area contributed by atoms with E-state index >= 15 is 0 Å². The Morgan fingerprint density at radius 1 is 1.38 bits per heavy atom. The number of aromatic amines is 1. The lowest BCUT2D eigenvalue weighted by Crippen LogP contribution is -2.41. The van der Waals surface area contributed by atoms with Crippen LogP contribution in [0.3, 0.4) is 0 Å². The van der Waals surface area contributed by atoms with Gasteiger partial charge in [0.1, 0.15) is 11.4 Å². The fourth-order valence-electron chi connectivity index (χ4n) is 2.93. The number of benzene rings is 1. The number of H-pyrrole nitrogens is 1. The van der Waals surface area contributed by atoms with E-state index in [-0.39, 0.29) is 5.75 Å². The van der Waals surface area contributed by atoms with Crippen molar-refractivity contribution in [2.45, 2.75) is 6.04 Å². The van der Waals surface area contributed by atoms with Gasteiger partial charge in [0.15, 0.2) is 16.9 Å². The zero-order chi connectivity index (χ0) is 20.5. The molecule has 0 radical (unpaired) electrons. The van der Waals surface area contributed by atoms with Crippen LogP contribution in [0.4, 0.5) is 4.79 Å². The Bertz CT molecular complexity index is 1200. The number of aliphatic hydroxyl groups is 2. The fourth-order valence-corrected chi connectivity index (χ4v) is 3.09. The van der Waals surface area contributed by atoms with Crippen molar-refractivity contribution in [2.24, 2.45) is 7.05 Å². The van der Waals surface area contributed by atoms with E-state index in [1.807, 2.05) is 19.2 Å². The average molecular weight is 417 g/mol. The van der Waals surface area contributed by atoms with Crippen LogP contribution >= 0.6 is 11.6 Å². The normalized spacial score (nSPS) is 11.5. The van der Waals surface area contributed by atoms with E-state index in [0.29, 0.717) is 27.6 Å². The first-order valence-electron chi connectivity index (χ1n) is 8.67. The number of nitrogens with one attached hydrogen (secondary N) is 2. The summed E-state index contributed by atoms with van der Waals surface area (Å²) >= 11 is 6.08. The highest BCUT2D eigenvalue weighted by atomic mass is 35.5. The first-order valence-corrected chi connectivity index (χ1v) is 9.04. The summed E-state index contributed by atoms with van der Waals surface area (Å²) in [5.41, 5.74) is 2.73. The second kappa shape index (κ2) is 7.66. The molecule has 0 unspecified atom stereocenters. The molecule has 0 aliphatic carbocycles. The topological polar surface area (TPSA) is 138 Å². The molecule has 0 bridgehead atoms. The van der Waals surface area contributed by atoms with Crippen molar-refractivity contribution in [3.8, 4) is 17.1 Å². The van der Waals surface area contributed by atoms with Crippen molar-refractivity contribution in [1.82, 2.24) is 30.0 Å². The number of aliphatic hydroxyl groups excluding tert-OH is 2. The van der Waals surface area contributed by atoms with Gasteiger partial charge in [-0.05, 0) is 18.2 Å². The smallest absolute Gasteiger partial charge is 0.406 e. The third-order valence-corrected chi connectivity index (χ3v) is 4.60. The molecule has 11 heteroatoms. The van der Waals surface area contributed by atoms with Crippen LogP contribution in [0.25, 0.3) is 33.5 Å². The van der Waals surface area contributed by atoms with Gasteiger partial charge in [0.05, 0.1) is 31.0 Å². The summed E-state index contributed by atoms with van der Waals surface area (Å²) < 4.78 is 6.95. The summed E-state index contributed by atoms with van der Waals surface area (Å²) in [6, 6.07) is 4.63. The number of aromatic nitrogens is 5. The van der Waals surface area contributed by atoms with Crippen LogP contribution in [0.15, 0.2) is 30.6 Å². The van der Waals surface area contributed by atoms with Crippen molar-refractivity contribution in [1.29, 1.82) is 0 Å². The van der Waals surface area contributed by atoms with Gasteiger partial charge < -0.3 is 25.3 Å². The number of fused-ring (bicyclic) bond motifs is 2. The predicted octanol–water partition coefficient (Wildman–Crippen LogP) is 1.61. The van der Waals surface area contributed by atoms with Crippen LogP contribution in [0.5, 0.6) is 5.75 Å². The van der Waals surface area contributed by atoms with Crippen LogP contribution in [0.1, 0.15) is 0 Å². The Morgan fingerprint density at radius 3 is 2.93 bits per heavy atom. The van der Waals surface area contributed by atoms with Crippen LogP contribution in [-0.2, 0) is 7.05 Å². The third-order valence-electron chi connectivity index (χ3n) is 4.37. The quantitative estimate of drug-likeness (QED) is 0.387. The molecule has 0 aliphatic heterocycles. The van der Waals surface area contributed by atoms with Gasteiger partial charge in [-0.2, -0.15) is 5.10 Å². The van der Waals surface area contributed by atoms with Crippen LogP contribution in [0, 0.1) is 0 Å². The molecule has 29 heavy (non-hydrogen) atoms. The van der Waals surface area contributed by atoms with Gasteiger partial charge in [0.25, 0.3) is 0 Å². The molecule has 4 N–H and O–H groups in total. The average Bonchev–Trinajstić information content (AvgIpc) is 3.26. The van der Waals surface area contributed by atoms with E-state index in [1.165, 1.54) is 6.20 Å². The molecule has 150 valence electrons. The lowest BCUT2D eigenvalue weighted by molar-refractivity contribution is 0.153. The predicted molar refractivity (Wildman–Crippen MR) is 106 cm³/mol.